The van der Waals surface area contributed by atoms with Gasteiger partial charge >= 0.3 is 0 Å². The average Bonchev–Trinajstić information content (AvgIpc) is 2.40. The number of nitrogen functional groups attached to an aromatic ring is 1. The Labute approximate surface area is 121 Å². The number of aryl methyl sites for hydroxylation is 1. The van der Waals surface area contributed by atoms with E-state index in [-0.39, 0.29) is 5.91 Å². The monoisotopic (exact) mass is 275 g/mol. The van der Waals surface area contributed by atoms with Crippen molar-refractivity contribution in [3.05, 3.63) is 23.5 Å². The molecule has 0 bridgehead atoms. The number of carbonyl (C=O) groups is 1. The molecule has 2 rings (SSSR count). The van der Waals surface area contributed by atoms with Gasteiger partial charge in [-0.2, -0.15) is 0 Å². The van der Waals surface area contributed by atoms with Crippen LogP contribution in [0.3, 0.4) is 0 Å². The maximum atomic E-state index is 12.6. The molecule has 20 heavy (non-hydrogen) atoms. The van der Waals surface area contributed by atoms with Gasteiger partial charge in [0.2, 0.25) is 0 Å². The topological polar surface area (TPSA) is 59.2 Å². The van der Waals surface area contributed by atoms with E-state index in [9.17, 15) is 4.79 Å². The van der Waals surface area contributed by atoms with Crippen LogP contribution in [0.5, 0.6) is 0 Å². The van der Waals surface area contributed by atoms with Crippen molar-refractivity contribution >= 4 is 11.6 Å². The highest BCUT2D eigenvalue weighted by atomic mass is 16.2. The second kappa shape index (κ2) is 5.43. The van der Waals surface area contributed by atoms with Crippen LogP contribution in [-0.4, -0.2) is 28.9 Å². The molecule has 4 heteroatoms. The van der Waals surface area contributed by atoms with Gasteiger partial charge in [0.25, 0.3) is 5.91 Å². The van der Waals surface area contributed by atoms with Crippen molar-refractivity contribution in [2.45, 2.75) is 52.5 Å². The minimum atomic E-state index is 0.0343. The van der Waals surface area contributed by atoms with Gasteiger partial charge in [0, 0.05) is 13.1 Å². The van der Waals surface area contributed by atoms with Gasteiger partial charge in [-0.25, -0.2) is 0 Å². The van der Waals surface area contributed by atoms with E-state index in [4.69, 9.17) is 5.73 Å². The third-order valence-electron chi connectivity index (χ3n) is 4.52. The Hall–Kier alpha value is -1.58. The summed E-state index contributed by atoms with van der Waals surface area (Å²) in [6.45, 7) is 6.46. The molecular weight excluding hydrogens is 250 g/mol. The third-order valence-corrected chi connectivity index (χ3v) is 4.52. The number of anilines is 1. The summed E-state index contributed by atoms with van der Waals surface area (Å²) >= 11 is 0. The molecule has 1 heterocycles. The van der Waals surface area contributed by atoms with Crippen LogP contribution in [0.4, 0.5) is 5.69 Å². The molecule has 0 aliphatic heterocycles. The highest BCUT2D eigenvalue weighted by Gasteiger charge is 2.31. The van der Waals surface area contributed by atoms with Crippen molar-refractivity contribution in [2.75, 3.05) is 12.8 Å². The number of nitrogens with two attached hydrogens (primary N) is 1. The molecular formula is C16H25N3O. The zero-order chi connectivity index (χ0) is 14.9. The zero-order valence-corrected chi connectivity index (χ0v) is 12.9. The van der Waals surface area contributed by atoms with Gasteiger partial charge in [-0.15, -0.1) is 0 Å². The molecule has 1 aromatic rings. The van der Waals surface area contributed by atoms with Crippen molar-refractivity contribution in [3.8, 4) is 0 Å². The number of rotatable bonds is 2. The van der Waals surface area contributed by atoms with Crippen LogP contribution >= 0.6 is 0 Å². The number of aromatic nitrogens is 1. The van der Waals surface area contributed by atoms with Gasteiger partial charge in [-0.05, 0) is 44.1 Å². The van der Waals surface area contributed by atoms with E-state index >= 15 is 0 Å². The molecule has 0 aromatic carbocycles. The molecule has 4 nitrogen and oxygen atoms in total. The Balaban J connectivity index is 2.11. The average molecular weight is 275 g/mol. The number of carbonyl (C=O) groups excluding carboxylic acids is 1. The fraction of sp³-hybridized carbons (Fsp3) is 0.625. The Morgan fingerprint density at radius 2 is 2.00 bits per heavy atom. The minimum absolute atomic E-state index is 0.0343. The quantitative estimate of drug-likeness (QED) is 0.902. The number of hydrogen-bond acceptors (Lipinski definition) is 3. The highest BCUT2D eigenvalue weighted by Crippen LogP contribution is 2.36. The number of amides is 1. The molecule has 0 radical (unpaired) electrons. The third kappa shape index (κ3) is 3.11. The number of pyridine rings is 1. The molecule has 2 N–H and O–H groups in total. The summed E-state index contributed by atoms with van der Waals surface area (Å²) in [7, 11) is 1.90. The Bertz CT molecular complexity index is 500. The lowest BCUT2D eigenvalue weighted by Crippen LogP contribution is -2.41. The summed E-state index contributed by atoms with van der Waals surface area (Å²) in [6.07, 6.45) is 6.08. The van der Waals surface area contributed by atoms with Crippen LogP contribution in [-0.2, 0) is 0 Å². The van der Waals surface area contributed by atoms with Gasteiger partial charge in [0.1, 0.15) is 0 Å². The smallest absolute Gasteiger partial charge is 0.255 e. The predicted molar refractivity (Wildman–Crippen MR) is 81.5 cm³/mol. The van der Waals surface area contributed by atoms with E-state index in [2.05, 4.69) is 18.8 Å². The fourth-order valence-corrected chi connectivity index (χ4v) is 2.89. The predicted octanol–water partition coefficient (Wildman–Crippen LogP) is 3.01. The Kier molecular flexibility index (Phi) is 4.02. The van der Waals surface area contributed by atoms with E-state index in [1.54, 1.807) is 12.3 Å². The SMILES string of the molecule is Cc1ncc(N)cc1C(=O)N(C)C1CCC(C)(C)CC1. The molecule has 1 aliphatic carbocycles. The molecule has 0 atom stereocenters. The van der Waals surface area contributed by atoms with Gasteiger partial charge in [0.05, 0.1) is 23.1 Å². The van der Waals surface area contributed by atoms with Gasteiger partial charge in [-0.3, -0.25) is 9.78 Å². The maximum Gasteiger partial charge on any atom is 0.255 e. The van der Waals surface area contributed by atoms with Crippen LogP contribution in [0, 0.1) is 12.3 Å². The zero-order valence-electron chi connectivity index (χ0n) is 12.9. The van der Waals surface area contributed by atoms with Crippen LogP contribution in [0.2, 0.25) is 0 Å². The highest BCUT2D eigenvalue weighted by molar-refractivity contribution is 5.96. The summed E-state index contributed by atoms with van der Waals surface area (Å²) in [5, 5.41) is 0. The molecule has 1 fully saturated rings. The lowest BCUT2D eigenvalue weighted by molar-refractivity contribution is 0.0634. The Morgan fingerprint density at radius 1 is 1.40 bits per heavy atom. The molecule has 0 spiro atoms. The fourth-order valence-electron chi connectivity index (χ4n) is 2.89. The first-order valence-electron chi connectivity index (χ1n) is 7.29. The molecule has 1 saturated carbocycles. The summed E-state index contributed by atoms with van der Waals surface area (Å²) in [4.78, 5) is 18.7. The normalized spacial score (nSPS) is 18.8. The maximum absolute atomic E-state index is 12.6. The molecule has 110 valence electrons. The summed E-state index contributed by atoms with van der Waals surface area (Å²) in [6, 6.07) is 2.06. The standard InChI is InChI=1S/C16H25N3O/c1-11-14(9-12(17)10-18-11)15(20)19(4)13-5-7-16(2,3)8-6-13/h9-10,13H,5-8,17H2,1-4H3. The lowest BCUT2D eigenvalue weighted by atomic mass is 9.75. The van der Waals surface area contributed by atoms with Crippen LogP contribution in [0.15, 0.2) is 12.3 Å². The van der Waals surface area contributed by atoms with Gasteiger partial charge in [-0.1, -0.05) is 13.8 Å². The summed E-state index contributed by atoms with van der Waals surface area (Å²) in [5.41, 5.74) is 8.06. The number of nitrogens with zero attached hydrogens (tertiary/aromatic N) is 2. The van der Waals surface area contributed by atoms with Crippen LogP contribution < -0.4 is 5.73 Å². The van der Waals surface area contributed by atoms with Crippen molar-refractivity contribution in [1.82, 2.24) is 9.88 Å². The number of hydrogen-bond donors (Lipinski definition) is 1. The second-order valence-corrected chi connectivity index (χ2v) is 6.71. The first-order valence-corrected chi connectivity index (χ1v) is 7.29. The molecule has 1 aromatic heterocycles. The van der Waals surface area contributed by atoms with E-state index < -0.39 is 0 Å². The van der Waals surface area contributed by atoms with Gasteiger partial charge < -0.3 is 10.6 Å². The van der Waals surface area contributed by atoms with Gasteiger partial charge in [0.15, 0.2) is 0 Å². The van der Waals surface area contributed by atoms with E-state index in [0.29, 0.717) is 22.7 Å². The largest absolute Gasteiger partial charge is 0.397 e. The van der Waals surface area contributed by atoms with Crippen molar-refractivity contribution in [2.24, 2.45) is 5.41 Å². The van der Waals surface area contributed by atoms with Crippen molar-refractivity contribution in [3.63, 3.8) is 0 Å². The van der Waals surface area contributed by atoms with Crippen molar-refractivity contribution < 1.29 is 4.79 Å². The second-order valence-electron chi connectivity index (χ2n) is 6.71. The molecule has 1 amide bonds. The van der Waals surface area contributed by atoms with E-state index in [1.807, 2.05) is 18.9 Å². The van der Waals surface area contributed by atoms with Crippen molar-refractivity contribution in [1.29, 1.82) is 0 Å². The lowest BCUT2D eigenvalue weighted by Gasteiger charge is -2.38. The van der Waals surface area contributed by atoms with E-state index in [1.165, 1.54) is 12.8 Å². The summed E-state index contributed by atoms with van der Waals surface area (Å²) < 4.78 is 0. The first-order chi connectivity index (χ1) is 9.30. The molecule has 0 unspecified atom stereocenters. The molecule has 1 aliphatic rings. The van der Waals surface area contributed by atoms with Crippen LogP contribution in [0.25, 0.3) is 0 Å². The minimum Gasteiger partial charge on any atom is -0.397 e. The van der Waals surface area contributed by atoms with E-state index in [0.717, 1.165) is 18.5 Å². The summed E-state index contributed by atoms with van der Waals surface area (Å²) in [5.74, 6) is 0.0343. The first kappa shape index (κ1) is 14.8. The van der Waals surface area contributed by atoms with Crippen LogP contribution in [0.1, 0.15) is 55.6 Å². The Morgan fingerprint density at radius 3 is 2.60 bits per heavy atom. The molecule has 0 saturated heterocycles.